The zero-order chi connectivity index (χ0) is 7.56. The van der Waals surface area contributed by atoms with E-state index < -0.39 is 5.69 Å². The number of nitrogens with two attached hydrogens (primary N) is 1. The number of anilines is 1. The number of hydrogen-bond donors (Lipinski definition) is 3. The number of nitrogens with one attached hydrogen (secondary N) is 2. The molecule has 0 amide bonds. The van der Waals surface area contributed by atoms with Gasteiger partial charge in [0.05, 0.1) is 6.20 Å². The van der Waals surface area contributed by atoms with E-state index in [4.69, 9.17) is 17.4 Å². The van der Waals surface area contributed by atoms with Crippen molar-refractivity contribution in [3.63, 3.8) is 0 Å². The molecule has 10 heavy (non-hydrogen) atoms. The van der Waals surface area contributed by atoms with Crippen molar-refractivity contribution in [3.8, 4) is 0 Å². The molecule has 0 aliphatic rings. The van der Waals surface area contributed by atoms with E-state index in [2.05, 4.69) is 15.4 Å². The van der Waals surface area contributed by atoms with E-state index in [1.54, 1.807) is 0 Å². The summed E-state index contributed by atoms with van der Waals surface area (Å²) in [4.78, 5) is 16.1. The topological polar surface area (TPSA) is 83.8 Å². The van der Waals surface area contributed by atoms with Gasteiger partial charge in [-0.2, -0.15) is 4.98 Å². The Morgan fingerprint density at radius 1 is 1.80 bits per heavy atom. The Morgan fingerprint density at radius 3 is 3.00 bits per heavy atom. The molecule has 0 bridgehead atoms. The molecule has 0 fully saturated rings. The van der Waals surface area contributed by atoms with Crippen molar-refractivity contribution in [2.75, 3.05) is 5.43 Å². The fourth-order valence-corrected chi connectivity index (χ4v) is 0.658. The molecule has 0 saturated carbocycles. The Labute approximate surface area is 61.2 Å². The second-order valence-electron chi connectivity index (χ2n) is 1.56. The van der Waals surface area contributed by atoms with Gasteiger partial charge in [0.2, 0.25) is 0 Å². The minimum atomic E-state index is -0.496. The number of aromatic nitrogens is 2. The molecule has 54 valence electrons. The normalized spacial score (nSPS) is 9.40. The molecule has 0 aromatic carbocycles. The predicted molar refractivity (Wildman–Crippen MR) is 37.7 cm³/mol. The molecule has 0 aliphatic carbocycles. The molecule has 1 rings (SSSR count). The highest BCUT2D eigenvalue weighted by molar-refractivity contribution is 6.31. The second kappa shape index (κ2) is 2.68. The average Bonchev–Trinajstić information content (AvgIpc) is 1.88. The van der Waals surface area contributed by atoms with Gasteiger partial charge in [-0.25, -0.2) is 4.79 Å². The highest BCUT2D eigenvalue weighted by Gasteiger charge is 1.96. The van der Waals surface area contributed by atoms with E-state index in [9.17, 15) is 4.79 Å². The summed E-state index contributed by atoms with van der Waals surface area (Å²) in [6, 6.07) is 0. The average molecular weight is 161 g/mol. The first kappa shape index (κ1) is 7.04. The van der Waals surface area contributed by atoms with Gasteiger partial charge < -0.3 is 5.43 Å². The van der Waals surface area contributed by atoms with Gasteiger partial charge >= 0.3 is 5.69 Å². The molecule has 0 atom stereocenters. The fraction of sp³-hybridized carbons (Fsp3) is 0. The minimum Gasteiger partial charge on any atom is -0.320 e. The monoisotopic (exact) mass is 160 g/mol. The molecule has 0 unspecified atom stereocenters. The molecular formula is C4H5ClN4O. The lowest BCUT2D eigenvalue weighted by atomic mass is 10.6. The molecule has 1 aromatic heterocycles. The van der Waals surface area contributed by atoms with Gasteiger partial charge in [0.15, 0.2) is 0 Å². The highest BCUT2D eigenvalue weighted by Crippen LogP contribution is 2.12. The summed E-state index contributed by atoms with van der Waals surface area (Å²) in [6.07, 6.45) is 1.25. The number of halogens is 1. The maximum atomic E-state index is 10.4. The number of nitrogen functional groups attached to an aromatic ring is 1. The van der Waals surface area contributed by atoms with Crippen LogP contribution in [0.1, 0.15) is 0 Å². The van der Waals surface area contributed by atoms with E-state index in [0.29, 0.717) is 5.69 Å². The third kappa shape index (κ3) is 1.26. The molecule has 0 radical (unpaired) electrons. The van der Waals surface area contributed by atoms with E-state index in [1.807, 2.05) is 0 Å². The summed E-state index contributed by atoms with van der Waals surface area (Å²) in [7, 11) is 0. The first-order valence-corrected chi connectivity index (χ1v) is 2.83. The summed E-state index contributed by atoms with van der Waals surface area (Å²) in [5.74, 6) is 5.00. The van der Waals surface area contributed by atoms with Crippen LogP contribution in [0, 0.1) is 0 Å². The molecule has 0 saturated heterocycles. The van der Waals surface area contributed by atoms with Crippen molar-refractivity contribution in [2.24, 2.45) is 5.84 Å². The smallest absolute Gasteiger partial charge is 0.320 e. The zero-order valence-corrected chi connectivity index (χ0v) is 5.64. The zero-order valence-electron chi connectivity index (χ0n) is 4.89. The third-order valence-electron chi connectivity index (χ3n) is 0.920. The van der Waals surface area contributed by atoms with Gasteiger partial charge in [-0.05, 0) is 0 Å². The van der Waals surface area contributed by atoms with Crippen LogP contribution in [-0.4, -0.2) is 9.97 Å². The van der Waals surface area contributed by atoms with E-state index in [-0.39, 0.29) is 5.15 Å². The molecular weight excluding hydrogens is 156 g/mol. The van der Waals surface area contributed by atoms with Crippen LogP contribution < -0.4 is 17.0 Å². The Morgan fingerprint density at radius 2 is 2.50 bits per heavy atom. The van der Waals surface area contributed by atoms with Crippen molar-refractivity contribution in [3.05, 3.63) is 21.8 Å². The van der Waals surface area contributed by atoms with Crippen LogP contribution in [0.25, 0.3) is 0 Å². The molecule has 5 nitrogen and oxygen atoms in total. The number of hydrazine groups is 1. The second-order valence-corrected chi connectivity index (χ2v) is 1.94. The number of H-pyrrole nitrogens is 1. The summed E-state index contributed by atoms with van der Waals surface area (Å²) in [5.41, 5.74) is 2.15. The van der Waals surface area contributed by atoms with Crippen LogP contribution in [0.5, 0.6) is 0 Å². The number of aromatic amines is 1. The molecule has 0 spiro atoms. The van der Waals surface area contributed by atoms with Crippen molar-refractivity contribution in [1.82, 2.24) is 9.97 Å². The van der Waals surface area contributed by atoms with Gasteiger partial charge in [-0.1, -0.05) is 11.6 Å². The largest absolute Gasteiger partial charge is 0.346 e. The van der Waals surface area contributed by atoms with Crippen molar-refractivity contribution in [1.29, 1.82) is 0 Å². The molecule has 6 heteroatoms. The summed E-state index contributed by atoms with van der Waals surface area (Å²) >= 11 is 5.49. The van der Waals surface area contributed by atoms with Crippen LogP contribution >= 0.6 is 11.6 Å². The van der Waals surface area contributed by atoms with Gasteiger partial charge in [-0.3, -0.25) is 10.8 Å². The van der Waals surface area contributed by atoms with E-state index >= 15 is 0 Å². The van der Waals surface area contributed by atoms with Crippen molar-refractivity contribution >= 4 is 17.3 Å². The van der Waals surface area contributed by atoms with E-state index in [1.165, 1.54) is 6.20 Å². The summed E-state index contributed by atoms with van der Waals surface area (Å²) in [6.45, 7) is 0. The SMILES string of the molecule is NNc1cnc(=O)[nH]c1Cl. The van der Waals surface area contributed by atoms with Crippen LogP contribution in [0.15, 0.2) is 11.0 Å². The van der Waals surface area contributed by atoms with Crippen LogP contribution in [0.4, 0.5) is 5.69 Å². The molecule has 4 N–H and O–H groups in total. The number of rotatable bonds is 1. The van der Waals surface area contributed by atoms with Gasteiger partial charge in [0.25, 0.3) is 0 Å². The van der Waals surface area contributed by atoms with Crippen LogP contribution in [0.3, 0.4) is 0 Å². The lowest BCUT2D eigenvalue weighted by molar-refractivity contribution is 1.07. The summed E-state index contributed by atoms with van der Waals surface area (Å²) < 4.78 is 0. The fourth-order valence-electron chi connectivity index (χ4n) is 0.474. The molecule has 0 aliphatic heterocycles. The number of nitrogens with zero attached hydrogens (tertiary/aromatic N) is 1. The number of hydrogen-bond acceptors (Lipinski definition) is 4. The minimum absolute atomic E-state index is 0.155. The van der Waals surface area contributed by atoms with Crippen LogP contribution in [-0.2, 0) is 0 Å². The Balaban J connectivity index is 3.19. The van der Waals surface area contributed by atoms with E-state index in [0.717, 1.165) is 0 Å². The van der Waals surface area contributed by atoms with Gasteiger partial charge in [-0.15, -0.1) is 0 Å². The first-order chi connectivity index (χ1) is 4.74. The lowest BCUT2D eigenvalue weighted by Crippen LogP contribution is -2.14. The summed E-state index contributed by atoms with van der Waals surface area (Å²) in [5, 5.41) is 0.155. The Hall–Kier alpha value is -1.07. The highest BCUT2D eigenvalue weighted by atomic mass is 35.5. The third-order valence-corrected chi connectivity index (χ3v) is 1.22. The van der Waals surface area contributed by atoms with Crippen LogP contribution in [0.2, 0.25) is 5.15 Å². The molecule has 1 aromatic rings. The Bertz CT molecular complexity index is 283. The van der Waals surface area contributed by atoms with Gasteiger partial charge in [0, 0.05) is 0 Å². The van der Waals surface area contributed by atoms with Gasteiger partial charge in [0.1, 0.15) is 10.8 Å². The maximum Gasteiger partial charge on any atom is 0.346 e. The van der Waals surface area contributed by atoms with Crippen molar-refractivity contribution < 1.29 is 0 Å². The first-order valence-electron chi connectivity index (χ1n) is 2.45. The predicted octanol–water partition coefficient (Wildman–Crippen LogP) is -0.291. The molecule has 1 heterocycles. The quantitative estimate of drug-likeness (QED) is 0.300. The Kier molecular flexibility index (Phi) is 1.88. The standard InChI is InChI=1S/C4H5ClN4O/c5-3-2(9-6)1-7-4(10)8-3/h1,9H,6H2,(H,7,8,10). The van der Waals surface area contributed by atoms with Crippen molar-refractivity contribution in [2.45, 2.75) is 0 Å². The maximum absolute atomic E-state index is 10.4. The lowest BCUT2D eigenvalue weighted by Gasteiger charge is -1.98.